The summed E-state index contributed by atoms with van der Waals surface area (Å²) in [5.74, 6) is 1.02. The van der Waals surface area contributed by atoms with Crippen LogP contribution in [0.3, 0.4) is 0 Å². The molecule has 1 aliphatic heterocycles. The number of nitrogens with zero attached hydrogens (tertiary/aromatic N) is 1. The second kappa shape index (κ2) is 8.09. The molecule has 0 radical (unpaired) electrons. The normalized spacial score (nSPS) is 22.6. The first-order chi connectivity index (χ1) is 12.2. The number of nitrogens with one attached hydrogen (secondary N) is 3. The lowest BCUT2D eigenvalue weighted by atomic mass is 9.87. The van der Waals surface area contributed by atoms with Crippen molar-refractivity contribution >= 4 is 5.91 Å². The summed E-state index contributed by atoms with van der Waals surface area (Å²) in [4.78, 5) is 16.6. The molecule has 1 aromatic heterocycles. The molecule has 25 heavy (non-hydrogen) atoms. The number of hydrogen-bond donors (Lipinski definition) is 3. The quantitative estimate of drug-likeness (QED) is 0.749. The van der Waals surface area contributed by atoms with E-state index >= 15 is 0 Å². The molecule has 0 spiro atoms. The van der Waals surface area contributed by atoms with Crippen LogP contribution in [-0.2, 0) is 11.3 Å². The van der Waals surface area contributed by atoms with Gasteiger partial charge >= 0.3 is 0 Å². The predicted molar refractivity (Wildman–Crippen MR) is 95.7 cm³/mol. The number of aromatic nitrogens is 1. The standard InChI is InChI=1S/C19H24N4O2/c1-13-17(11-18(24)21-12-15-5-3-4-10-20-15)19(23-22-13)14-6-8-16(25-2)9-7-14/h3-10,13,17,19,22-23H,11-12H2,1-2H3,(H,21,24). The monoisotopic (exact) mass is 340 g/mol. The predicted octanol–water partition coefficient (Wildman–Crippen LogP) is 1.95. The van der Waals surface area contributed by atoms with Crippen LogP contribution < -0.4 is 20.9 Å². The number of ether oxygens (including phenoxy) is 1. The minimum absolute atomic E-state index is 0.0338. The summed E-state index contributed by atoms with van der Waals surface area (Å²) in [7, 11) is 1.65. The van der Waals surface area contributed by atoms with Crippen LogP contribution in [0, 0.1) is 5.92 Å². The number of methoxy groups -OCH3 is 1. The number of rotatable bonds is 6. The van der Waals surface area contributed by atoms with E-state index in [-0.39, 0.29) is 23.9 Å². The topological polar surface area (TPSA) is 75.3 Å². The maximum absolute atomic E-state index is 12.4. The molecule has 1 aromatic carbocycles. The van der Waals surface area contributed by atoms with Gasteiger partial charge in [-0.1, -0.05) is 18.2 Å². The van der Waals surface area contributed by atoms with Gasteiger partial charge in [0.05, 0.1) is 25.4 Å². The molecule has 2 aromatic rings. The van der Waals surface area contributed by atoms with E-state index in [0.717, 1.165) is 17.0 Å². The Kier molecular flexibility index (Phi) is 5.63. The average molecular weight is 340 g/mol. The van der Waals surface area contributed by atoms with Crippen molar-refractivity contribution in [3.05, 3.63) is 59.9 Å². The van der Waals surface area contributed by atoms with Gasteiger partial charge in [-0.3, -0.25) is 15.2 Å². The lowest BCUT2D eigenvalue weighted by molar-refractivity contribution is -0.122. The van der Waals surface area contributed by atoms with Crippen molar-refractivity contribution in [3.63, 3.8) is 0 Å². The Bertz CT molecular complexity index is 690. The molecule has 1 fully saturated rings. The third-order valence-electron chi connectivity index (χ3n) is 4.63. The van der Waals surface area contributed by atoms with Crippen molar-refractivity contribution in [3.8, 4) is 5.75 Å². The zero-order valence-electron chi connectivity index (χ0n) is 14.5. The largest absolute Gasteiger partial charge is 0.497 e. The molecule has 1 aliphatic rings. The molecule has 1 amide bonds. The Hall–Kier alpha value is -2.44. The zero-order valence-corrected chi connectivity index (χ0v) is 14.5. The first-order valence-electron chi connectivity index (χ1n) is 8.49. The molecule has 6 nitrogen and oxygen atoms in total. The van der Waals surface area contributed by atoms with E-state index in [4.69, 9.17) is 4.74 Å². The summed E-state index contributed by atoms with van der Waals surface area (Å²) < 4.78 is 5.21. The van der Waals surface area contributed by atoms with Crippen LogP contribution in [0.2, 0.25) is 0 Å². The van der Waals surface area contributed by atoms with Crippen molar-refractivity contribution in [1.82, 2.24) is 21.2 Å². The Balaban J connectivity index is 1.61. The highest BCUT2D eigenvalue weighted by molar-refractivity contribution is 5.76. The summed E-state index contributed by atoms with van der Waals surface area (Å²) in [6, 6.07) is 13.9. The van der Waals surface area contributed by atoms with Gasteiger partial charge in [-0.05, 0) is 36.8 Å². The highest BCUT2D eigenvalue weighted by Crippen LogP contribution is 2.32. The molecule has 3 atom stereocenters. The minimum atomic E-state index is 0.0338. The smallest absolute Gasteiger partial charge is 0.220 e. The summed E-state index contributed by atoms with van der Waals surface area (Å²) in [6.45, 7) is 2.54. The lowest BCUT2D eigenvalue weighted by Gasteiger charge is -2.21. The third-order valence-corrected chi connectivity index (χ3v) is 4.63. The van der Waals surface area contributed by atoms with E-state index in [1.165, 1.54) is 0 Å². The highest BCUT2D eigenvalue weighted by Gasteiger charge is 2.35. The number of pyridine rings is 1. The summed E-state index contributed by atoms with van der Waals surface area (Å²) >= 11 is 0. The van der Waals surface area contributed by atoms with E-state index in [1.807, 2.05) is 42.5 Å². The molecule has 3 N–H and O–H groups in total. The molecule has 0 bridgehead atoms. The third kappa shape index (κ3) is 4.35. The van der Waals surface area contributed by atoms with Gasteiger partial charge < -0.3 is 10.1 Å². The molecule has 0 aliphatic carbocycles. The van der Waals surface area contributed by atoms with Crippen molar-refractivity contribution in [2.24, 2.45) is 5.92 Å². The SMILES string of the molecule is COc1ccc(C2NNC(C)C2CC(=O)NCc2ccccn2)cc1. The van der Waals surface area contributed by atoms with Crippen LogP contribution in [0.5, 0.6) is 5.75 Å². The van der Waals surface area contributed by atoms with Crippen LogP contribution in [0.15, 0.2) is 48.7 Å². The molecule has 1 saturated heterocycles. The molecule has 0 saturated carbocycles. The number of carbonyl (C=O) groups is 1. The van der Waals surface area contributed by atoms with E-state index in [0.29, 0.717) is 13.0 Å². The fourth-order valence-corrected chi connectivity index (χ4v) is 3.14. The zero-order chi connectivity index (χ0) is 17.6. The minimum Gasteiger partial charge on any atom is -0.497 e. The number of hydrazine groups is 1. The van der Waals surface area contributed by atoms with Gasteiger partial charge in [0.15, 0.2) is 0 Å². The molecule has 2 heterocycles. The van der Waals surface area contributed by atoms with Crippen molar-refractivity contribution in [2.45, 2.75) is 32.0 Å². The number of carbonyl (C=O) groups excluding carboxylic acids is 1. The van der Waals surface area contributed by atoms with Gasteiger partial charge in [-0.2, -0.15) is 0 Å². The Labute approximate surface area is 148 Å². The number of benzene rings is 1. The summed E-state index contributed by atoms with van der Waals surface area (Å²) in [6.07, 6.45) is 2.18. The fourth-order valence-electron chi connectivity index (χ4n) is 3.14. The summed E-state index contributed by atoms with van der Waals surface area (Å²) in [5.41, 5.74) is 8.56. The summed E-state index contributed by atoms with van der Waals surface area (Å²) in [5, 5.41) is 2.96. The van der Waals surface area contributed by atoms with E-state index in [1.54, 1.807) is 13.3 Å². The van der Waals surface area contributed by atoms with Crippen molar-refractivity contribution < 1.29 is 9.53 Å². The van der Waals surface area contributed by atoms with E-state index in [2.05, 4.69) is 28.1 Å². The molecule has 3 unspecified atom stereocenters. The average Bonchev–Trinajstić information content (AvgIpc) is 3.01. The fraction of sp³-hybridized carbons (Fsp3) is 0.368. The molecular weight excluding hydrogens is 316 g/mol. The maximum Gasteiger partial charge on any atom is 0.220 e. The second-order valence-electron chi connectivity index (χ2n) is 6.29. The van der Waals surface area contributed by atoms with Crippen molar-refractivity contribution in [2.75, 3.05) is 7.11 Å². The van der Waals surface area contributed by atoms with Crippen LogP contribution in [0.4, 0.5) is 0 Å². The first kappa shape index (κ1) is 17.4. The molecular formula is C19H24N4O2. The lowest BCUT2D eigenvalue weighted by Crippen LogP contribution is -2.31. The van der Waals surface area contributed by atoms with E-state index in [9.17, 15) is 4.79 Å². The molecule has 6 heteroatoms. The Morgan fingerprint density at radius 1 is 1.20 bits per heavy atom. The second-order valence-corrected chi connectivity index (χ2v) is 6.29. The van der Waals surface area contributed by atoms with Gasteiger partial charge in [-0.25, -0.2) is 5.43 Å². The van der Waals surface area contributed by atoms with Crippen LogP contribution >= 0.6 is 0 Å². The van der Waals surface area contributed by atoms with E-state index < -0.39 is 0 Å². The van der Waals surface area contributed by atoms with Gasteiger partial charge in [0.25, 0.3) is 0 Å². The molecule has 132 valence electrons. The maximum atomic E-state index is 12.4. The van der Waals surface area contributed by atoms with Crippen LogP contribution in [0.25, 0.3) is 0 Å². The van der Waals surface area contributed by atoms with Gasteiger partial charge in [0.2, 0.25) is 5.91 Å². The van der Waals surface area contributed by atoms with Crippen LogP contribution in [0.1, 0.15) is 30.6 Å². The van der Waals surface area contributed by atoms with Gasteiger partial charge in [-0.15, -0.1) is 0 Å². The van der Waals surface area contributed by atoms with Gasteiger partial charge in [0.1, 0.15) is 5.75 Å². The van der Waals surface area contributed by atoms with Gasteiger partial charge in [0, 0.05) is 24.6 Å². The van der Waals surface area contributed by atoms with Crippen LogP contribution in [-0.4, -0.2) is 24.0 Å². The first-order valence-corrected chi connectivity index (χ1v) is 8.49. The Morgan fingerprint density at radius 3 is 2.68 bits per heavy atom. The highest BCUT2D eigenvalue weighted by atomic mass is 16.5. The number of hydrogen-bond acceptors (Lipinski definition) is 5. The Morgan fingerprint density at radius 2 is 2.00 bits per heavy atom. The van der Waals surface area contributed by atoms with Crippen molar-refractivity contribution in [1.29, 1.82) is 0 Å². The molecule has 3 rings (SSSR count). The number of amides is 1.